The van der Waals surface area contributed by atoms with Crippen molar-refractivity contribution in [2.75, 3.05) is 26.7 Å². The number of piperidine rings is 1. The predicted molar refractivity (Wildman–Crippen MR) is 84.6 cm³/mol. The van der Waals surface area contributed by atoms with Gasteiger partial charge in [0.05, 0.1) is 12.6 Å². The van der Waals surface area contributed by atoms with E-state index >= 15 is 0 Å². The SMILES string of the molecule is CNC(=O)NC1CCN(C(=O)C(N)CCCCOC(N)=O)CC1. The molecule has 4 amide bonds. The topological polar surface area (TPSA) is 140 Å². The quantitative estimate of drug-likeness (QED) is 0.466. The lowest BCUT2D eigenvalue weighted by molar-refractivity contribution is -0.133. The number of nitrogens with two attached hydrogens (primary N) is 2. The number of nitrogens with one attached hydrogen (secondary N) is 2. The fourth-order valence-corrected chi connectivity index (χ4v) is 2.50. The van der Waals surface area contributed by atoms with Crippen molar-refractivity contribution >= 4 is 18.0 Å². The number of unbranched alkanes of at least 4 members (excludes halogenated alkanes) is 1. The second-order valence-corrected chi connectivity index (χ2v) is 5.59. The van der Waals surface area contributed by atoms with Crippen molar-refractivity contribution in [1.82, 2.24) is 15.5 Å². The fourth-order valence-electron chi connectivity index (χ4n) is 2.50. The highest BCUT2D eigenvalue weighted by atomic mass is 16.5. The molecule has 1 fully saturated rings. The minimum absolute atomic E-state index is 0.0702. The number of likely N-dealkylation sites (tertiary alicyclic amines) is 1. The summed E-state index contributed by atoms with van der Waals surface area (Å²) in [5.41, 5.74) is 10.8. The Morgan fingerprint density at radius 2 is 1.91 bits per heavy atom. The zero-order valence-electron chi connectivity index (χ0n) is 13.5. The van der Waals surface area contributed by atoms with E-state index in [0.29, 0.717) is 32.4 Å². The molecule has 1 atom stereocenters. The number of hydrogen-bond acceptors (Lipinski definition) is 5. The molecule has 1 aliphatic heterocycles. The summed E-state index contributed by atoms with van der Waals surface area (Å²) in [5.74, 6) is -0.0702. The third kappa shape index (κ3) is 7.18. The Hall–Kier alpha value is -2.03. The normalized spacial score (nSPS) is 16.5. The zero-order valence-corrected chi connectivity index (χ0v) is 13.5. The van der Waals surface area contributed by atoms with Gasteiger partial charge < -0.3 is 31.7 Å². The molecule has 0 aliphatic carbocycles. The number of primary amides is 1. The molecule has 0 saturated carbocycles. The molecular weight excluding hydrogens is 302 g/mol. The van der Waals surface area contributed by atoms with Crippen molar-refractivity contribution in [2.24, 2.45) is 11.5 Å². The van der Waals surface area contributed by atoms with Gasteiger partial charge in [0.25, 0.3) is 0 Å². The minimum atomic E-state index is -0.793. The monoisotopic (exact) mass is 329 g/mol. The van der Waals surface area contributed by atoms with Crippen LogP contribution in [-0.2, 0) is 9.53 Å². The molecule has 0 bridgehead atoms. The van der Waals surface area contributed by atoms with E-state index in [-0.39, 0.29) is 24.6 Å². The first-order valence-corrected chi connectivity index (χ1v) is 7.89. The van der Waals surface area contributed by atoms with Crippen LogP contribution in [0.5, 0.6) is 0 Å². The van der Waals surface area contributed by atoms with Gasteiger partial charge in [-0.25, -0.2) is 9.59 Å². The molecule has 1 aliphatic rings. The summed E-state index contributed by atoms with van der Waals surface area (Å²) in [5, 5.41) is 5.36. The number of carbonyl (C=O) groups excluding carboxylic acids is 3. The van der Waals surface area contributed by atoms with Crippen LogP contribution in [0.3, 0.4) is 0 Å². The number of carbonyl (C=O) groups is 3. The van der Waals surface area contributed by atoms with Crippen LogP contribution >= 0.6 is 0 Å². The van der Waals surface area contributed by atoms with Gasteiger partial charge in [-0.1, -0.05) is 0 Å². The molecule has 0 aromatic carbocycles. The number of rotatable bonds is 7. The van der Waals surface area contributed by atoms with Crippen LogP contribution in [0.2, 0.25) is 0 Å². The molecule has 1 unspecified atom stereocenters. The fraction of sp³-hybridized carbons (Fsp3) is 0.786. The Morgan fingerprint density at radius 3 is 2.48 bits per heavy atom. The first-order chi connectivity index (χ1) is 10.9. The molecule has 0 radical (unpaired) electrons. The lowest BCUT2D eigenvalue weighted by Crippen LogP contribution is -2.51. The summed E-state index contributed by atoms with van der Waals surface area (Å²) in [4.78, 5) is 35.7. The third-order valence-corrected chi connectivity index (χ3v) is 3.84. The smallest absolute Gasteiger partial charge is 0.404 e. The van der Waals surface area contributed by atoms with Crippen molar-refractivity contribution in [3.8, 4) is 0 Å². The van der Waals surface area contributed by atoms with E-state index in [1.807, 2.05) is 0 Å². The largest absolute Gasteiger partial charge is 0.450 e. The molecule has 1 rings (SSSR count). The molecule has 1 saturated heterocycles. The van der Waals surface area contributed by atoms with Crippen LogP contribution in [0.25, 0.3) is 0 Å². The predicted octanol–water partition coefficient (Wildman–Crippen LogP) is -0.501. The Bertz CT molecular complexity index is 410. The average molecular weight is 329 g/mol. The number of nitrogens with zero attached hydrogens (tertiary/aromatic N) is 1. The van der Waals surface area contributed by atoms with E-state index in [1.54, 1.807) is 11.9 Å². The third-order valence-electron chi connectivity index (χ3n) is 3.84. The lowest BCUT2D eigenvalue weighted by atomic mass is 10.0. The summed E-state index contributed by atoms with van der Waals surface area (Å²) >= 11 is 0. The highest BCUT2D eigenvalue weighted by Crippen LogP contribution is 2.12. The molecule has 6 N–H and O–H groups in total. The van der Waals surface area contributed by atoms with E-state index in [2.05, 4.69) is 15.4 Å². The Morgan fingerprint density at radius 1 is 1.26 bits per heavy atom. The summed E-state index contributed by atoms with van der Waals surface area (Å²) in [6.07, 6.45) is 2.50. The van der Waals surface area contributed by atoms with Gasteiger partial charge in [-0.15, -0.1) is 0 Å². The first kappa shape index (κ1) is 19.0. The van der Waals surface area contributed by atoms with Gasteiger partial charge in [-0.05, 0) is 32.1 Å². The van der Waals surface area contributed by atoms with Crippen LogP contribution in [0.15, 0.2) is 0 Å². The summed E-state index contributed by atoms with van der Waals surface area (Å²) < 4.78 is 4.62. The summed E-state index contributed by atoms with van der Waals surface area (Å²) in [6, 6.07) is -0.669. The van der Waals surface area contributed by atoms with Gasteiger partial charge in [0, 0.05) is 26.2 Å². The lowest BCUT2D eigenvalue weighted by Gasteiger charge is -2.33. The zero-order chi connectivity index (χ0) is 17.2. The Kier molecular flexibility index (Phi) is 8.17. The van der Waals surface area contributed by atoms with Crippen LogP contribution in [0.1, 0.15) is 32.1 Å². The first-order valence-electron chi connectivity index (χ1n) is 7.89. The standard InChI is InChI=1S/C14H27N5O4/c1-17-14(22)18-10-5-7-19(8-6-10)12(20)11(15)4-2-3-9-23-13(16)21/h10-11H,2-9,15H2,1H3,(H2,16,21)(H2,17,18,22). The van der Waals surface area contributed by atoms with Gasteiger partial charge in [0.15, 0.2) is 0 Å². The summed E-state index contributed by atoms with van der Waals surface area (Å²) in [6.45, 7) is 1.42. The van der Waals surface area contributed by atoms with Gasteiger partial charge >= 0.3 is 12.1 Å². The number of urea groups is 1. The highest BCUT2D eigenvalue weighted by Gasteiger charge is 2.26. The molecular formula is C14H27N5O4. The molecule has 0 spiro atoms. The number of amides is 4. The highest BCUT2D eigenvalue weighted by molar-refractivity contribution is 5.81. The minimum Gasteiger partial charge on any atom is -0.450 e. The second-order valence-electron chi connectivity index (χ2n) is 5.59. The van der Waals surface area contributed by atoms with E-state index in [4.69, 9.17) is 11.5 Å². The van der Waals surface area contributed by atoms with E-state index in [9.17, 15) is 14.4 Å². The maximum absolute atomic E-state index is 12.3. The number of hydrogen-bond donors (Lipinski definition) is 4. The van der Waals surface area contributed by atoms with Crippen molar-refractivity contribution in [3.63, 3.8) is 0 Å². The van der Waals surface area contributed by atoms with Crippen molar-refractivity contribution < 1.29 is 19.1 Å². The van der Waals surface area contributed by atoms with Gasteiger partial charge in [0.1, 0.15) is 0 Å². The molecule has 0 aromatic heterocycles. The maximum Gasteiger partial charge on any atom is 0.404 e. The van der Waals surface area contributed by atoms with Crippen molar-refractivity contribution in [2.45, 2.75) is 44.2 Å². The van der Waals surface area contributed by atoms with Gasteiger partial charge in [-0.3, -0.25) is 4.79 Å². The van der Waals surface area contributed by atoms with Gasteiger partial charge in [0.2, 0.25) is 5.91 Å². The van der Waals surface area contributed by atoms with E-state index in [1.165, 1.54) is 0 Å². The molecule has 23 heavy (non-hydrogen) atoms. The molecule has 9 heteroatoms. The summed E-state index contributed by atoms with van der Waals surface area (Å²) in [7, 11) is 1.57. The van der Waals surface area contributed by atoms with Crippen LogP contribution in [0.4, 0.5) is 9.59 Å². The molecule has 132 valence electrons. The number of ether oxygens (including phenoxy) is 1. The van der Waals surface area contributed by atoms with Crippen molar-refractivity contribution in [1.29, 1.82) is 0 Å². The van der Waals surface area contributed by atoms with E-state index in [0.717, 1.165) is 12.8 Å². The average Bonchev–Trinajstić information content (AvgIpc) is 2.54. The van der Waals surface area contributed by atoms with E-state index < -0.39 is 12.1 Å². The van der Waals surface area contributed by atoms with Crippen LogP contribution < -0.4 is 22.1 Å². The maximum atomic E-state index is 12.3. The Balaban J connectivity index is 2.22. The molecule has 0 aromatic rings. The molecule has 1 heterocycles. The van der Waals surface area contributed by atoms with Crippen LogP contribution in [-0.4, -0.2) is 61.8 Å². The molecule has 9 nitrogen and oxygen atoms in total. The van der Waals surface area contributed by atoms with Crippen LogP contribution in [0, 0.1) is 0 Å². The Labute approximate surface area is 136 Å². The second kappa shape index (κ2) is 9.88. The van der Waals surface area contributed by atoms with Crippen molar-refractivity contribution in [3.05, 3.63) is 0 Å². The van der Waals surface area contributed by atoms with Gasteiger partial charge in [-0.2, -0.15) is 0 Å².